The van der Waals surface area contributed by atoms with E-state index in [1.165, 1.54) is 11.3 Å². The maximum Gasteiger partial charge on any atom is 0.325 e. The zero-order valence-corrected chi connectivity index (χ0v) is 16.1. The molecule has 1 aliphatic rings. The number of nitrogens with zero attached hydrogens (tertiary/aromatic N) is 1. The van der Waals surface area contributed by atoms with Gasteiger partial charge in [0, 0.05) is 17.6 Å². The van der Waals surface area contributed by atoms with Gasteiger partial charge in [-0.2, -0.15) is 0 Å². The number of amides is 3. The van der Waals surface area contributed by atoms with Gasteiger partial charge in [-0.25, -0.2) is 9.78 Å². The monoisotopic (exact) mass is 410 g/mol. The lowest BCUT2D eigenvalue weighted by atomic mass is 10.2. The number of hydrogen-bond donors (Lipinski definition) is 3. The van der Waals surface area contributed by atoms with Crippen LogP contribution in [-0.2, 0) is 17.8 Å². The SMILES string of the molecule is O=C(Cc1csc(NC(=O)Nc2ccccc2)n1)NCc1ccc2c(c1)OCO2. The molecule has 0 saturated heterocycles. The topological polar surface area (TPSA) is 102 Å². The average molecular weight is 410 g/mol. The standard InChI is InChI=1S/C20H18N4O4S/c25-18(21-10-13-6-7-16-17(8-13)28-12-27-16)9-15-11-29-20(23-15)24-19(26)22-14-4-2-1-3-5-14/h1-8,11H,9-10,12H2,(H,21,25)(H2,22,23,24,26). The Morgan fingerprint density at radius 3 is 2.72 bits per heavy atom. The maximum absolute atomic E-state index is 12.2. The van der Waals surface area contributed by atoms with Gasteiger partial charge in [0.15, 0.2) is 16.6 Å². The highest BCUT2D eigenvalue weighted by molar-refractivity contribution is 7.14. The lowest BCUT2D eigenvalue weighted by Crippen LogP contribution is -2.24. The Hall–Kier alpha value is -3.59. The van der Waals surface area contributed by atoms with E-state index in [2.05, 4.69) is 20.9 Å². The minimum atomic E-state index is -0.385. The molecule has 3 N–H and O–H groups in total. The lowest BCUT2D eigenvalue weighted by Gasteiger charge is -2.06. The third kappa shape index (κ3) is 5.02. The van der Waals surface area contributed by atoms with Crippen molar-refractivity contribution >= 4 is 34.1 Å². The van der Waals surface area contributed by atoms with Crippen LogP contribution in [0.3, 0.4) is 0 Å². The molecule has 3 aromatic rings. The molecule has 0 saturated carbocycles. The van der Waals surface area contributed by atoms with Crippen molar-refractivity contribution in [3.8, 4) is 11.5 Å². The molecule has 0 atom stereocenters. The number of fused-ring (bicyclic) bond motifs is 1. The first-order valence-electron chi connectivity index (χ1n) is 8.88. The molecule has 0 spiro atoms. The maximum atomic E-state index is 12.2. The fourth-order valence-electron chi connectivity index (χ4n) is 2.71. The number of carbonyl (C=O) groups excluding carboxylic acids is 2. The number of carbonyl (C=O) groups is 2. The van der Waals surface area contributed by atoms with E-state index in [0.29, 0.717) is 34.6 Å². The highest BCUT2D eigenvalue weighted by atomic mass is 32.1. The largest absolute Gasteiger partial charge is 0.454 e. The molecule has 0 radical (unpaired) electrons. The van der Waals surface area contributed by atoms with Crippen molar-refractivity contribution < 1.29 is 19.1 Å². The van der Waals surface area contributed by atoms with Crippen LogP contribution in [0, 0.1) is 0 Å². The zero-order chi connectivity index (χ0) is 20.1. The number of para-hydroxylation sites is 1. The quantitative estimate of drug-likeness (QED) is 0.578. The summed E-state index contributed by atoms with van der Waals surface area (Å²) in [6, 6.07) is 14.3. The normalized spacial score (nSPS) is 11.7. The molecule has 4 rings (SSSR count). The van der Waals surface area contributed by atoms with Gasteiger partial charge in [0.05, 0.1) is 12.1 Å². The van der Waals surface area contributed by atoms with Crippen LogP contribution in [0.4, 0.5) is 15.6 Å². The van der Waals surface area contributed by atoms with E-state index in [4.69, 9.17) is 9.47 Å². The van der Waals surface area contributed by atoms with Crippen LogP contribution in [0.25, 0.3) is 0 Å². The number of ether oxygens (including phenoxy) is 2. The van der Waals surface area contributed by atoms with E-state index < -0.39 is 0 Å². The molecular formula is C20H18N4O4S. The molecule has 148 valence electrons. The Bertz CT molecular complexity index is 1020. The number of urea groups is 1. The van der Waals surface area contributed by atoms with Gasteiger partial charge < -0.3 is 20.1 Å². The highest BCUT2D eigenvalue weighted by Crippen LogP contribution is 2.32. The van der Waals surface area contributed by atoms with E-state index in [1.54, 1.807) is 17.5 Å². The van der Waals surface area contributed by atoms with Crippen molar-refractivity contribution in [3.63, 3.8) is 0 Å². The molecule has 29 heavy (non-hydrogen) atoms. The lowest BCUT2D eigenvalue weighted by molar-refractivity contribution is -0.120. The van der Waals surface area contributed by atoms with Gasteiger partial charge in [0.1, 0.15) is 0 Å². The molecule has 8 nitrogen and oxygen atoms in total. The van der Waals surface area contributed by atoms with Crippen molar-refractivity contribution in [2.45, 2.75) is 13.0 Å². The molecule has 0 bridgehead atoms. The van der Waals surface area contributed by atoms with Crippen LogP contribution in [0.1, 0.15) is 11.3 Å². The van der Waals surface area contributed by atoms with Crippen LogP contribution in [0.15, 0.2) is 53.9 Å². The molecule has 0 unspecified atom stereocenters. The number of aromatic nitrogens is 1. The number of hydrogen-bond acceptors (Lipinski definition) is 6. The van der Waals surface area contributed by atoms with Gasteiger partial charge in [-0.05, 0) is 29.8 Å². The molecule has 9 heteroatoms. The van der Waals surface area contributed by atoms with Crippen LogP contribution < -0.4 is 25.4 Å². The van der Waals surface area contributed by atoms with E-state index in [-0.39, 0.29) is 25.2 Å². The third-order valence-electron chi connectivity index (χ3n) is 4.07. The summed E-state index contributed by atoms with van der Waals surface area (Å²) in [6.45, 7) is 0.596. The molecule has 1 aromatic heterocycles. The van der Waals surface area contributed by atoms with Crippen molar-refractivity contribution in [2.75, 3.05) is 17.4 Å². The summed E-state index contributed by atoms with van der Waals surface area (Å²) in [4.78, 5) is 28.5. The van der Waals surface area contributed by atoms with Crippen LogP contribution in [0.5, 0.6) is 11.5 Å². The summed E-state index contributed by atoms with van der Waals surface area (Å²) in [5, 5.41) is 10.4. The Morgan fingerprint density at radius 2 is 1.86 bits per heavy atom. The number of nitrogens with one attached hydrogen (secondary N) is 3. The average Bonchev–Trinajstić information content (AvgIpc) is 3.36. The summed E-state index contributed by atoms with van der Waals surface area (Å²) in [6.07, 6.45) is 0.128. The number of benzene rings is 2. The number of rotatable bonds is 6. The summed E-state index contributed by atoms with van der Waals surface area (Å²) in [5.41, 5.74) is 2.19. The summed E-state index contributed by atoms with van der Waals surface area (Å²) in [7, 11) is 0. The molecule has 1 aliphatic heterocycles. The molecule has 2 heterocycles. The fourth-order valence-corrected chi connectivity index (χ4v) is 3.41. The second-order valence-electron chi connectivity index (χ2n) is 6.23. The van der Waals surface area contributed by atoms with Crippen molar-refractivity contribution in [3.05, 3.63) is 65.2 Å². The van der Waals surface area contributed by atoms with Crippen molar-refractivity contribution in [2.24, 2.45) is 0 Å². The van der Waals surface area contributed by atoms with E-state index in [0.717, 1.165) is 5.56 Å². The van der Waals surface area contributed by atoms with Gasteiger partial charge in [0.2, 0.25) is 12.7 Å². The number of anilines is 2. The third-order valence-corrected chi connectivity index (χ3v) is 4.88. The second-order valence-corrected chi connectivity index (χ2v) is 7.09. The van der Waals surface area contributed by atoms with Gasteiger partial charge in [-0.15, -0.1) is 11.3 Å². The van der Waals surface area contributed by atoms with Crippen LogP contribution in [0.2, 0.25) is 0 Å². The van der Waals surface area contributed by atoms with Crippen molar-refractivity contribution in [1.82, 2.24) is 10.3 Å². The van der Waals surface area contributed by atoms with Gasteiger partial charge in [-0.3, -0.25) is 10.1 Å². The van der Waals surface area contributed by atoms with Gasteiger partial charge in [0.25, 0.3) is 0 Å². The minimum absolute atomic E-state index is 0.128. The fraction of sp³-hybridized carbons (Fsp3) is 0.150. The highest BCUT2D eigenvalue weighted by Gasteiger charge is 2.14. The van der Waals surface area contributed by atoms with Crippen molar-refractivity contribution in [1.29, 1.82) is 0 Å². The van der Waals surface area contributed by atoms with Gasteiger partial charge in [-0.1, -0.05) is 24.3 Å². The summed E-state index contributed by atoms with van der Waals surface area (Å²) < 4.78 is 10.6. The smallest absolute Gasteiger partial charge is 0.325 e. The molecular weight excluding hydrogens is 392 g/mol. The Kier molecular flexibility index (Phi) is 5.57. The predicted molar refractivity (Wildman–Crippen MR) is 109 cm³/mol. The second kappa shape index (κ2) is 8.61. The zero-order valence-electron chi connectivity index (χ0n) is 15.3. The van der Waals surface area contributed by atoms with Crippen LogP contribution >= 0.6 is 11.3 Å². The number of thiazole rings is 1. The van der Waals surface area contributed by atoms with E-state index in [9.17, 15) is 9.59 Å². The predicted octanol–water partition coefficient (Wildman–Crippen LogP) is 3.37. The van der Waals surface area contributed by atoms with Gasteiger partial charge >= 0.3 is 6.03 Å². The van der Waals surface area contributed by atoms with E-state index >= 15 is 0 Å². The molecule has 2 aromatic carbocycles. The first-order valence-corrected chi connectivity index (χ1v) is 9.76. The summed E-state index contributed by atoms with van der Waals surface area (Å²) in [5.74, 6) is 1.23. The first-order chi connectivity index (χ1) is 14.2. The molecule has 0 aliphatic carbocycles. The Balaban J connectivity index is 1.25. The Labute approximate surface area is 170 Å². The first kappa shape index (κ1) is 18.8. The molecule has 0 fully saturated rings. The minimum Gasteiger partial charge on any atom is -0.454 e. The van der Waals surface area contributed by atoms with E-state index in [1.807, 2.05) is 36.4 Å². The Morgan fingerprint density at radius 1 is 1.03 bits per heavy atom. The van der Waals surface area contributed by atoms with Crippen LogP contribution in [-0.4, -0.2) is 23.7 Å². The summed E-state index contributed by atoms with van der Waals surface area (Å²) >= 11 is 1.26. The molecule has 3 amide bonds.